The lowest BCUT2D eigenvalue weighted by Gasteiger charge is -2.26. The lowest BCUT2D eigenvalue weighted by Crippen LogP contribution is -2.12. The summed E-state index contributed by atoms with van der Waals surface area (Å²) >= 11 is 0. The quantitative estimate of drug-likeness (QED) is 0.161. The minimum atomic E-state index is 0.397. The molecule has 42 heavy (non-hydrogen) atoms. The van der Waals surface area contributed by atoms with Crippen molar-refractivity contribution in [2.24, 2.45) is 10.9 Å². The maximum atomic E-state index is 4.83. The van der Waals surface area contributed by atoms with Gasteiger partial charge in [0.2, 0.25) is 0 Å². The summed E-state index contributed by atoms with van der Waals surface area (Å²) in [7, 11) is 0. The lowest BCUT2D eigenvalue weighted by atomic mass is 10.0. The monoisotopic (exact) mass is 553 g/mol. The number of benzene rings is 2. The minimum absolute atomic E-state index is 0.397. The van der Waals surface area contributed by atoms with Gasteiger partial charge in [0.05, 0.1) is 5.69 Å². The molecule has 1 heterocycles. The molecule has 1 aliphatic carbocycles. The normalized spacial score (nSPS) is 17.4. The topological polar surface area (TPSA) is 27.6 Å². The van der Waals surface area contributed by atoms with Crippen LogP contribution in [0.3, 0.4) is 0 Å². The Morgan fingerprint density at radius 1 is 1.12 bits per heavy atom. The Hall–Kier alpha value is -4.63. The Morgan fingerprint density at radius 3 is 2.81 bits per heavy atom. The van der Waals surface area contributed by atoms with Crippen LogP contribution in [0.1, 0.15) is 51.2 Å². The highest BCUT2D eigenvalue weighted by Crippen LogP contribution is 2.36. The summed E-state index contributed by atoms with van der Waals surface area (Å²) in [5.74, 6) is 0.397. The first-order valence-corrected chi connectivity index (χ1v) is 14.9. The van der Waals surface area contributed by atoms with Gasteiger partial charge in [0.25, 0.3) is 0 Å². The van der Waals surface area contributed by atoms with Crippen LogP contribution in [-0.4, -0.2) is 12.8 Å². The first-order chi connectivity index (χ1) is 20.5. The van der Waals surface area contributed by atoms with Gasteiger partial charge in [-0.25, -0.2) is 0 Å². The Morgan fingerprint density at radius 2 is 1.98 bits per heavy atom. The van der Waals surface area contributed by atoms with Crippen molar-refractivity contribution in [1.29, 1.82) is 0 Å². The molecule has 0 amide bonds. The standard InChI is InChI=1S/C39H43N3/c1-6-8-10-17-30(3)28-40-29-33-25-34(41-38-22-16-21-36(38)31(4)18-11-9-7-2)27-35(26-33)42-24-15-14-19-32(5)37-20-12-13-23-39(37)42/h7,9-20,22-27,29-30,41H,4-6,8,21,28H2,1-3H3/b9-7-,17-10-,18-11-,19-14-,24-15-,40-29?. The van der Waals surface area contributed by atoms with Crippen molar-refractivity contribution in [3.63, 3.8) is 0 Å². The summed E-state index contributed by atoms with van der Waals surface area (Å²) in [5, 5.41) is 3.70. The van der Waals surface area contributed by atoms with Gasteiger partial charge in [0.15, 0.2) is 0 Å². The van der Waals surface area contributed by atoms with E-state index in [4.69, 9.17) is 4.99 Å². The second kappa shape index (κ2) is 15.4. The predicted octanol–water partition coefficient (Wildman–Crippen LogP) is 10.6. The van der Waals surface area contributed by atoms with E-state index in [0.29, 0.717) is 5.92 Å². The molecular weight excluding hydrogens is 510 g/mol. The number of hydrogen-bond donors (Lipinski definition) is 1. The first-order valence-electron chi connectivity index (χ1n) is 14.9. The second-order valence-electron chi connectivity index (χ2n) is 10.6. The third kappa shape index (κ3) is 8.20. The van der Waals surface area contributed by atoms with Crippen molar-refractivity contribution >= 4 is 28.8 Å². The van der Waals surface area contributed by atoms with Gasteiger partial charge in [-0.15, -0.1) is 0 Å². The molecule has 0 saturated heterocycles. The van der Waals surface area contributed by atoms with Crippen molar-refractivity contribution in [2.45, 2.75) is 40.0 Å². The van der Waals surface area contributed by atoms with E-state index in [9.17, 15) is 0 Å². The van der Waals surface area contributed by atoms with Gasteiger partial charge >= 0.3 is 0 Å². The van der Waals surface area contributed by atoms with Crippen molar-refractivity contribution in [3.05, 3.63) is 157 Å². The molecule has 3 heteroatoms. The van der Waals surface area contributed by atoms with Gasteiger partial charge in [0.1, 0.15) is 0 Å². The molecule has 0 spiro atoms. The van der Waals surface area contributed by atoms with Crippen LogP contribution in [0.5, 0.6) is 0 Å². The molecule has 1 unspecified atom stereocenters. The van der Waals surface area contributed by atoms with Crippen molar-refractivity contribution < 1.29 is 0 Å². The summed E-state index contributed by atoms with van der Waals surface area (Å²) in [5.41, 5.74) is 9.52. The van der Waals surface area contributed by atoms with Crippen LogP contribution in [0.2, 0.25) is 0 Å². The van der Waals surface area contributed by atoms with Crippen LogP contribution >= 0.6 is 0 Å². The molecule has 1 N–H and O–H groups in total. The molecule has 4 rings (SSSR count). The zero-order valence-corrected chi connectivity index (χ0v) is 25.3. The van der Waals surface area contributed by atoms with Gasteiger partial charge in [-0.1, -0.05) is 106 Å². The molecule has 0 bridgehead atoms. The van der Waals surface area contributed by atoms with E-state index in [-0.39, 0.29) is 0 Å². The van der Waals surface area contributed by atoms with E-state index in [1.54, 1.807) is 0 Å². The fourth-order valence-electron chi connectivity index (χ4n) is 4.92. The Balaban J connectivity index is 1.72. The van der Waals surface area contributed by atoms with E-state index in [1.165, 1.54) is 12.0 Å². The molecule has 2 aromatic carbocycles. The Bertz CT molecular complexity index is 1520. The molecule has 2 aliphatic rings. The Kier molecular flexibility index (Phi) is 11.1. The first kappa shape index (κ1) is 30.3. The van der Waals surface area contributed by atoms with Crippen molar-refractivity contribution in [3.8, 4) is 0 Å². The van der Waals surface area contributed by atoms with Gasteiger partial charge in [-0.05, 0) is 84.4 Å². The number of nitrogens with zero attached hydrogens (tertiary/aromatic N) is 2. The molecule has 1 aliphatic heterocycles. The summed E-state index contributed by atoms with van der Waals surface area (Å²) < 4.78 is 0. The van der Waals surface area contributed by atoms with Crippen molar-refractivity contribution in [1.82, 2.24) is 0 Å². The molecule has 214 valence electrons. The summed E-state index contributed by atoms with van der Waals surface area (Å²) in [6.45, 7) is 15.8. The highest BCUT2D eigenvalue weighted by atomic mass is 15.1. The summed E-state index contributed by atoms with van der Waals surface area (Å²) in [6, 6.07) is 15.0. The molecule has 0 radical (unpaired) electrons. The largest absolute Gasteiger partial charge is 0.355 e. The number of aliphatic imine (C=N–C) groups is 1. The molecule has 0 saturated carbocycles. The van der Waals surface area contributed by atoms with E-state index < -0.39 is 0 Å². The number of para-hydroxylation sites is 1. The number of allylic oxidation sites excluding steroid dienone is 13. The molecule has 2 aromatic rings. The number of anilines is 3. The molecule has 0 aromatic heterocycles. The smallest absolute Gasteiger partial charge is 0.0533 e. The predicted molar refractivity (Wildman–Crippen MR) is 186 cm³/mol. The van der Waals surface area contributed by atoms with E-state index in [1.807, 2.05) is 37.4 Å². The average molecular weight is 554 g/mol. The van der Waals surface area contributed by atoms with Crippen LogP contribution in [0.15, 0.2) is 150 Å². The highest BCUT2D eigenvalue weighted by Gasteiger charge is 2.16. The maximum Gasteiger partial charge on any atom is 0.0533 e. The van der Waals surface area contributed by atoms with Crippen LogP contribution in [0.4, 0.5) is 17.1 Å². The van der Waals surface area contributed by atoms with Gasteiger partial charge in [-0.2, -0.15) is 0 Å². The zero-order valence-electron chi connectivity index (χ0n) is 25.3. The highest BCUT2D eigenvalue weighted by molar-refractivity contribution is 5.89. The van der Waals surface area contributed by atoms with Crippen molar-refractivity contribution in [2.75, 3.05) is 16.8 Å². The summed E-state index contributed by atoms with van der Waals surface area (Å²) in [6.07, 6.45) is 30.4. The van der Waals surface area contributed by atoms with E-state index in [0.717, 1.165) is 64.4 Å². The fraction of sp³-hybridized carbons (Fsp3) is 0.205. The van der Waals surface area contributed by atoms with Crippen LogP contribution in [0, 0.1) is 5.92 Å². The minimum Gasteiger partial charge on any atom is -0.355 e. The second-order valence-corrected chi connectivity index (χ2v) is 10.6. The number of unbranched alkanes of at least 4 members (excludes halogenated alkanes) is 1. The number of nitrogens with one attached hydrogen (secondary N) is 1. The molecule has 3 nitrogen and oxygen atoms in total. The van der Waals surface area contributed by atoms with Crippen LogP contribution in [0.25, 0.3) is 5.57 Å². The van der Waals surface area contributed by atoms with E-state index >= 15 is 0 Å². The molecule has 1 atom stereocenters. The van der Waals surface area contributed by atoms with E-state index in [2.05, 4.69) is 128 Å². The fourth-order valence-corrected chi connectivity index (χ4v) is 4.92. The van der Waals surface area contributed by atoms with Gasteiger partial charge in [-0.3, -0.25) is 4.99 Å². The average Bonchev–Trinajstić information content (AvgIpc) is 3.44. The van der Waals surface area contributed by atoms with Gasteiger partial charge < -0.3 is 10.2 Å². The Labute approximate surface area is 252 Å². The zero-order chi connectivity index (χ0) is 29.7. The van der Waals surface area contributed by atoms with Crippen LogP contribution < -0.4 is 10.2 Å². The number of rotatable bonds is 12. The van der Waals surface area contributed by atoms with Gasteiger partial charge in [0, 0.05) is 41.6 Å². The number of fused-ring (bicyclic) bond motifs is 1. The SMILES string of the molecule is C=C(/C=C\C=C/C)C1=C(Nc2cc(C=NCC(C)/C=C\CCC)cc(N3/C=C\C=C/C(=C)c4ccccc43)c2)C=CC1. The molecule has 0 fully saturated rings. The number of hydrogen-bond acceptors (Lipinski definition) is 3. The van der Waals surface area contributed by atoms with Crippen LogP contribution in [-0.2, 0) is 0 Å². The lowest BCUT2D eigenvalue weighted by molar-refractivity contribution is 0.738. The third-order valence-corrected chi connectivity index (χ3v) is 7.12. The maximum absolute atomic E-state index is 4.83. The summed E-state index contributed by atoms with van der Waals surface area (Å²) in [4.78, 5) is 7.06. The molecular formula is C39H43N3. The third-order valence-electron chi connectivity index (χ3n) is 7.12.